The second-order valence-electron chi connectivity index (χ2n) is 5.71. The number of hydrogen-bond donors (Lipinski definition) is 1. The highest BCUT2D eigenvalue weighted by atomic mass is 16.5. The van der Waals surface area contributed by atoms with E-state index in [4.69, 9.17) is 4.74 Å². The molecule has 4 atom stereocenters. The highest BCUT2D eigenvalue weighted by Gasteiger charge is 2.30. The predicted molar refractivity (Wildman–Crippen MR) is 70.5 cm³/mol. The zero-order valence-electron chi connectivity index (χ0n) is 11.3. The molecule has 1 N–H and O–H groups in total. The van der Waals surface area contributed by atoms with Crippen LogP contribution < -0.4 is 5.32 Å². The fraction of sp³-hybridized carbons (Fsp3) is 0.786. The van der Waals surface area contributed by atoms with Crippen LogP contribution in [-0.4, -0.2) is 28.3 Å². The minimum absolute atomic E-state index is 0.305. The lowest BCUT2D eigenvalue weighted by atomic mass is 9.97. The standard InChI is InChI=1S/C14H23N3O/c1-10-4-3-5-12(16-10)14-8-15-9-17(14)13-6-7-18-11(13)2/h8-13,16H,3-7H2,1-2H3. The van der Waals surface area contributed by atoms with Gasteiger partial charge in [-0.15, -0.1) is 0 Å². The van der Waals surface area contributed by atoms with Crippen LogP contribution >= 0.6 is 0 Å². The van der Waals surface area contributed by atoms with Crippen LogP contribution in [0.5, 0.6) is 0 Å². The molecule has 100 valence electrons. The van der Waals surface area contributed by atoms with Gasteiger partial charge in [-0.2, -0.15) is 0 Å². The van der Waals surface area contributed by atoms with Crippen molar-refractivity contribution in [3.8, 4) is 0 Å². The van der Waals surface area contributed by atoms with E-state index in [1.807, 2.05) is 12.5 Å². The zero-order valence-corrected chi connectivity index (χ0v) is 11.3. The summed E-state index contributed by atoms with van der Waals surface area (Å²) in [6.07, 6.45) is 9.23. The molecule has 3 heterocycles. The highest BCUT2D eigenvalue weighted by molar-refractivity contribution is 5.09. The Morgan fingerprint density at radius 1 is 1.33 bits per heavy atom. The lowest BCUT2D eigenvalue weighted by molar-refractivity contribution is 0.106. The number of nitrogens with zero attached hydrogens (tertiary/aromatic N) is 2. The van der Waals surface area contributed by atoms with Gasteiger partial charge < -0.3 is 14.6 Å². The van der Waals surface area contributed by atoms with E-state index in [9.17, 15) is 0 Å². The van der Waals surface area contributed by atoms with E-state index in [2.05, 4.69) is 28.7 Å². The Kier molecular flexibility index (Phi) is 3.39. The number of imidazole rings is 1. The summed E-state index contributed by atoms with van der Waals surface area (Å²) < 4.78 is 8.02. The van der Waals surface area contributed by atoms with Gasteiger partial charge in [0.1, 0.15) is 0 Å². The number of nitrogens with one attached hydrogen (secondary N) is 1. The summed E-state index contributed by atoms with van der Waals surface area (Å²) in [6, 6.07) is 1.54. The molecule has 1 aromatic rings. The number of rotatable bonds is 2. The van der Waals surface area contributed by atoms with Gasteiger partial charge in [-0.3, -0.25) is 0 Å². The number of piperidine rings is 1. The van der Waals surface area contributed by atoms with Gasteiger partial charge in [0.2, 0.25) is 0 Å². The van der Waals surface area contributed by atoms with Crippen LogP contribution in [0.2, 0.25) is 0 Å². The van der Waals surface area contributed by atoms with Crippen molar-refractivity contribution in [3.05, 3.63) is 18.2 Å². The first kappa shape index (κ1) is 12.2. The van der Waals surface area contributed by atoms with Crippen molar-refractivity contribution in [1.29, 1.82) is 0 Å². The minimum atomic E-state index is 0.305. The first-order chi connectivity index (χ1) is 8.75. The molecular formula is C14H23N3O. The summed E-state index contributed by atoms with van der Waals surface area (Å²) in [7, 11) is 0. The van der Waals surface area contributed by atoms with Gasteiger partial charge in [0, 0.05) is 24.9 Å². The second kappa shape index (κ2) is 5.02. The molecule has 4 nitrogen and oxygen atoms in total. The third-order valence-electron chi connectivity index (χ3n) is 4.36. The van der Waals surface area contributed by atoms with Crippen LogP contribution in [-0.2, 0) is 4.74 Å². The Balaban J connectivity index is 1.82. The molecule has 0 amide bonds. The quantitative estimate of drug-likeness (QED) is 0.875. The normalized spacial score (nSPS) is 37.0. The summed E-state index contributed by atoms with van der Waals surface area (Å²) in [6.45, 7) is 5.31. The van der Waals surface area contributed by atoms with Crippen molar-refractivity contribution in [1.82, 2.24) is 14.9 Å². The maximum Gasteiger partial charge on any atom is 0.0952 e. The van der Waals surface area contributed by atoms with Crippen molar-refractivity contribution in [2.24, 2.45) is 0 Å². The Bertz CT molecular complexity index is 403. The fourth-order valence-corrected chi connectivity index (χ4v) is 3.32. The first-order valence-corrected chi connectivity index (χ1v) is 7.15. The molecule has 0 saturated carbocycles. The topological polar surface area (TPSA) is 39.1 Å². The van der Waals surface area contributed by atoms with E-state index in [0.29, 0.717) is 24.2 Å². The van der Waals surface area contributed by atoms with E-state index in [-0.39, 0.29) is 0 Å². The third kappa shape index (κ3) is 2.19. The molecule has 4 heteroatoms. The van der Waals surface area contributed by atoms with Crippen molar-refractivity contribution in [2.75, 3.05) is 6.61 Å². The summed E-state index contributed by atoms with van der Waals surface area (Å²) in [5.74, 6) is 0. The predicted octanol–water partition coefficient (Wildman–Crippen LogP) is 2.44. The van der Waals surface area contributed by atoms with Gasteiger partial charge in [0.25, 0.3) is 0 Å². The van der Waals surface area contributed by atoms with Gasteiger partial charge >= 0.3 is 0 Å². The monoisotopic (exact) mass is 249 g/mol. The number of hydrogen-bond acceptors (Lipinski definition) is 3. The molecule has 1 aromatic heterocycles. The lowest BCUT2D eigenvalue weighted by Gasteiger charge is -2.31. The Labute approximate surface area is 109 Å². The molecule has 2 aliphatic rings. The van der Waals surface area contributed by atoms with Gasteiger partial charge in [0.05, 0.1) is 24.2 Å². The Hall–Kier alpha value is -0.870. The van der Waals surface area contributed by atoms with Gasteiger partial charge in [-0.25, -0.2) is 4.98 Å². The van der Waals surface area contributed by atoms with E-state index < -0.39 is 0 Å². The average molecular weight is 249 g/mol. The fourth-order valence-electron chi connectivity index (χ4n) is 3.32. The molecular weight excluding hydrogens is 226 g/mol. The van der Waals surface area contributed by atoms with Crippen molar-refractivity contribution in [3.63, 3.8) is 0 Å². The molecule has 2 aliphatic heterocycles. The van der Waals surface area contributed by atoms with Gasteiger partial charge in [0.15, 0.2) is 0 Å². The smallest absolute Gasteiger partial charge is 0.0952 e. The Morgan fingerprint density at radius 3 is 2.94 bits per heavy atom. The summed E-state index contributed by atoms with van der Waals surface area (Å²) in [5, 5.41) is 3.70. The minimum Gasteiger partial charge on any atom is -0.376 e. The summed E-state index contributed by atoms with van der Waals surface area (Å²) in [5.41, 5.74) is 1.34. The zero-order chi connectivity index (χ0) is 12.5. The van der Waals surface area contributed by atoms with E-state index in [0.717, 1.165) is 13.0 Å². The number of aromatic nitrogens is 2. The van der Waals surface area contributed by atoms with Crippen LogP contribution in [0, 0.1) is 0 Å². The number of ether oxygens (including phenoxy) is 1. The van der Waals surface area contributed by atoms with Crippen LogP contribution in [0.25, 0.3) is 0 Å². The average Bonchev–Trinajstić information content (AvgIpc) is 2.96. The highest BCUT2D eigenvalue weighted by Crippen LogP contribution is 2.32. The van der Waals surface area contributed by atoms with Gasteiger partial charge in [-0.05, 0) is 39.5 Å². The molecule has 3 rings (SSSR count). The van der Waals surface area contributed by atoms with Crippen LogP contribution in [0.3, 0.4) is 0 Å². The molecule has 0 radical (unpaired) electrons. The van der Waals surface area contributed by atoms with Crippen molar-refractivity contribution >= 4 is 0 Å². The molecule has 2 fully saturated rings. The van der Waals surface area contributed by atoms with Crippen LogP contribution in [0.1, 0.15) is 57.3 Å². The molecule has 0 aliphatic carbocycles. The molecule has 2 saturated heterocycles. The molecule has 0 aromatic carbocycles. The van der Waals surface area contributed by atoms with E-state index in [1.54, 1.807) is 0 Å². The maximum atomic E-state index is 5.68. The molecule has 0 bridgehead atoms. The van der Waals surface area contributed by atoms with Crippen LogP contribution in [0.15, 0.2) is 12.5 Å². The molecule has 0 spiro atoms. The summed E-state index contributed by atoms with van der Waals surface area (Å²) in [4.78, 5) is 4.37. The largest absolute Gasteiger partial charge is 0.376 e. The first-order valence-electron chi connectivity index (χ1n) is 7.15. The SMILES string of the molecule is CC1CCCC(c2cncn2C2CCOC2C)N1. The molecule has 18 heavy (non-hydrogen) atoms. The van der Waals surface area contributed by atoms with Crippen molar-refractivity contribution < 1.29 is 4.74 Å². The maximum absolute atomic E-state index is 5.68. The van der Waals surface area contributed by atoms with Crippen molar-refractivity contribution in [2.45, 2.75) is 63.8 Å². The van der Waals surface area contributed by atoms with E-state index >= 15 is 0 Å². The van der Waals surface area contributed by atoms with Gasteiger partial charge in [-0.1, -0.05) is 0 Å². The molecule has 4 unspecified atom stereocenters. The Morgan fingerprint density at radius 2 is 2.22 bits per heavy atom. The lowest BCUT2D eigenvalue weighted by Crippen LogP contribution is -2.36. The summed E-state index contributed by atoms with van der Waals surface area (Å²) >= 11 is 0. The third-order valence-corrected chi connectivity index (χ3v) is 4.36. The second-order valence-corrected chi connectivity index (χ2v) is 5.71. The van der Waals surface area contributed by atoms with E-state index in [1.165, 1.54) is 25.0 Å². The van der Waals surface area contributed by atoms with Crippen LogP contribution in [0.4, 0.5) is 0 Å².